The number of carbonyl (C=O) groups is 1. The van der Waals surface area contributed by atoms with Crippen molar-refractivity contribution in [2.75, 3.05) is 6.61 Å². The monoisotopic (exact) mass is 461 g/mol. The molecule has 2 aliphatic rings. The van der Waals surface area contributed by atoms with Crippen molar-refractivity contribution in [3.05, 3.63) is 42.0 Å². The highest BCUT2D eigenvalue weighted by molar-refractivity contribution is 6.74. The molecule has 3 rings (SSSR count). The van der Waals surface area contributed by atoms with E-state index >= 15 is 0 Å². The third kappa shape index (κ3) is 6.75. The van der Waals surface area contributed by atoms with Crippen molar-refractivity contribution in [1.29, 1.82) is 0 Å². The van der Waals surface area contributed by atoms with Gasteiger partial charge in [0.15, 0.2) is 14.1 Å². The summed E-state index contributed by atoms with van der Waals surface area (Å²) in [5.41, 5.74) is 0.980. The van der Waals surface area contributed by atoms with Gasteiger partial charge in [-0.15, -0.1) is 0 Å². The van der Waals surface area contributed by atoms with Gasteiger partial charge in [0.25, 0.3) is 0 Å². The predicted molar refractivity (Wildman–Crippen MR) is 128 cm³/mol. The van der Waals surface area contributed by atoms with Crippen LogP contribution in [0.2, 0.25) is 18.1 Å². The number of ether oxygens (including phenoxy) is 3. The van der Waals surface area contributed by atoms with Crippen molar-refractivity contribution >= 4 is 20.3 Å². The van der Waals surface area contributed by atoms with Crippen molar-refractivity contribution in [1.82, 2.24) is 5.32 Å². The van der Waals surface area contributed by atoms with Crippen molar-refractivity contribution in [2.45, 2.75) is 95.9 Å². The lowest BCUT2D eigenvalue weighted by Crippen LogP contribution is -2.46. The zero-order chi connectivity index (χ0) is 23.6. The Kier molecular flexibility index (Phi) is 7.67. The van der Waals surface area contributed by atoms with Gasteiger partial charge in [0, 0.05) is 18.9 Å². The van der Waals surface area contributed by atoms with E-state index in [4.69, 9.17) is 18.6 Å². The smallest absolute Gasteiger partial charge is 0.245 e. The molecule has 0 bridgehead atoms. The first-order chi connectivity index (χ1) is 14.8. The Labute approximate surface area is 193 Å². The normalized spacial score (nSPS) is 28.3. The number of nitrogens with one attached hydrogen (secondary N) is 1. The third-order valence-corrected chi connectivity index (χ3v) is 11.0. The molecule has 0 saturated carbocycles. The predicted octanol–water partition coefficient (Wildman–Crippen LogP) is 4.86. The number of rotatable bonds is 7. The summed E-state index contributed by atoms with van der Waals surface area (Å²) in [7, 11) is -2.00. The fourth-order valence-corrected chi connectivity index (χ4v) is 5.14. The highest BCUT2D eigenvalue weighted by Gasteiger charge is 2.46. The van der Waals surface area contributed by atoms with Crippen LogP contribution in [-0.4, -0.2) is 51.2 Å². The van der Waals surface area contributed by atoms with E-state index in [1.165, 1.54) is 0 Å². The topological polar surface area (TPSA) is 66.0 Å². The van der Waals surface area contributed by atoms with Crippen LogP contribution < -0.4 is 5.32 Å². The molecule has 1 aromatic rings. The number of benzene rings is 1. The summed E-state index contributed by atoms with van der Waals surface area (Å²) in [6.45, 7) is 15.6. The molecule has 32 heavy (non-hydrogen) atoms. The second-order valence-electron chi connectivity index (χ2n) is 10.8. The van der Waals surface area contributed by atoms with Gasteiger partial charge in [-0.05, 0) is 43.6 Å². The average Bonchev–Trinajstić information content (AvgIpc) is 3.21. The maximum Gasteiger partial charge on any atom is 0.245 e. The molecule has 2 unspecified atom stereocenters. The van der Waals surface area contributed by atoms with Crippen LogP contribution in [0.25, 0.3) is 6.08 Å². The van der Waals surface area contributed by atoms with Crippen molar-refractivity contribution in [2.24, 2.45) is 0 Å². The van der Waals surface area contributed by atoms with Crippen LogP contribution in [0.5, 0.6) is 0 Å². The van der Waals surface area contributed by atoms with Crippen molar-refractivity contribution < 1.29 is 23.4 Å². The van der Waals surface area contributed by atoms with E-state index in [1.54, 1.807) is 12.2 Å². The highest BCUT2D eigenvalue weighted by atomic mass is 28.4. The Hall–Kier alpha value is -1.51. The van der Waals surface area contributed by atoms with Gasteiger partial charge >= 0.3 is 0 Å². The summed E-state index contributed by atoms with van der Waals surface area (Å²) in [4.78, 5) is 12.5. The zero-order valence-electron chi connectivity index (χ0n) is 20.5. The molecule has 0 spiro atoms. The minimum absolute atomic E-state index is 0.0482. The molecule has 178 valence electrons. The van der Waals surface area contributed by atoms with Gasteiger partial charge in [0.05, 0.1) is 24.9 Å². The van der Waals surface area contributed by atoms with E-state index in [9.17, 15) is 4.79 Å². The van der Waals surface area contributed by atoms with Crippen LogP contribution in [0.4, 0.5) is 0 Å². The summed E-state index contributed by atoms with van der Waals surface area (Å²) < 4.78 is 24.8. The summed E-state index contributed by atoms with van der Waals surface area (Å²) in [6, 6.07) is 9.76. The first-order valence-electron chi connectivity index (χ1n) is 11.5. The third-order valence-electron chi connectivity index (χ3n) is 6.54. The fourth-order valence-electron chi connectivity index (χ4n) is 3.78. The van der Waals surface area contributed by atoms with Crippen LogP contribution in [0.1, 0.15) is 53.0 Å². The molecule has 1 N–H and O–H groups in total. The molecule has 0 aliphatic carbocycles. The fraction of sp³-hybridized carbons (Fsp3) is 0.640. The molecule has 6 nitrogen and oxygen atoms in total. The van der Waals surface area contributed by atoms with Crippen molar-refractivity contribution in [3.8, 4) is 0 Å². The lowest BCUT2D eigenvalue weighted by atomic mass is 10.1. The molecule has 1 aromatic carbocycles. The molecular weight excluding hydrogens is 422 g/mol. The van der Waals surface area contributed by atoms with E-state index in [0.29, 0.717) is 19.4 Å². The molecule has 1 amide bonds. The first kappa shape index (κ1) is 25.1. The molecule has 2 saturated heterocycles. The van der Waals surface area contributed by atoms with E-state index in [1.807, 2.05) is 44.2 Å². The van der Waals surface area contributed by atoms with E-state index in [2.05, 4.69) is 39.2 Å². The Morgan fingerprint density at radius 1 is 1.25 bits per heavy atom. The van der Waals surface area contributed by atoms with Crippen LogP contribution in [0.3, 0.4) is 0 Å². The zero-order valence-corrected chi connectivity index (χ0v) is 21.5. The lowest BCUT2D eigenvalue weighted by molar-refractivity contribution is -0.144. The summed E-state index contributed by atoms with van der Waals surface area (Å²) >= 11 is 0. The number of hydrogen-bond donors (Lipinski definition) is 1. The highest BCUT2D eigenvalue weighted by Crippen LogP contribution is 2.40. The lowest BCUT2D eigenvalue weighted by Gasteiger charge is -2.39. The molecule has 2 heterocycles. The molecule has 7 heteroatoms. The number of carbonyl (C=O) groups excluding carboxylic acids is 1. The van der Waals surface area contributed by atoms with Gasteiger partial charge in [-0.3, -0.25) is 4.79 Å². The van der Waals surface area contributed by atoms with Crippen molar-refractivity contribution in [3.63, 3.8) is 0 Å². The molecular formula is C25H39NO5Si. The molecule has 4 atom stereocenters. The van der Waals surface area contributed by atoms with Gasteiger partial charge in [-0.1, -0.05) is 51.1 Å². The van der Waals surface area contributed by atoms with Gasteiger partial charge in [-0.25, -0.2) is 0 Å². The number of amides is 1. The van der Waals surface area contributed by atoms with Gasteiger partial charge in [0.2, 0.25) is 5.91 Å². The van der Waals surface area contributed by atoms with Crippen LogP contribution >= 0.6 is 0 Å². The standard InChI is InChI=1S/C25H39NO5Si/c1-24(2,3)32(6,7)31-21-16-23(26-22(27)14-13-18-11-9-8-10-12-18)29-20(21)15-19-17-28-25(4,5)30-19/h8-14,19-21,23H,15-17H2,1-7H3,(H,26,27)/b14-13+/t19?,20-,21+,23?/m0/s1. The molecule has 2 fully saturated rings. The van der Waals surface area contributed by atoms with Gasteiger partial charge in [-0.2, -0.15) is 0 Å². The van der Waals surface area contributed by atoms with Crippen LogP contribution in [0, 0.1) is 0 Å². The van der Waals surface area contributed by atoms with Gasteiger partial charge < -0.3 is 24.0 Å². The summed E-state index contributed by atoms with van der Waals surface area (Å²) in [6.07, 6.45) is 3.96. The quantitative estimate of drug-likeness (QED) is 0.464. The van der Waals surface area contributed by atoms with Crippen LogP contribution in [-0.2, 0) is 23.4 Å². The van der Waals surface area contributed by atoms with E-state index < -0.39 is 20.3 Å². The molecule has 0 radical (unpaired) electrons. The number of hydrogen-bond acceptors (Lipinski definition) is 5. The largest absolute Gasteiger partial charge is 0.411 e. The Morgan fingerprint density at radius 2 is 1.94 bits per heavy atom. The SMILES string of the molecule is CC1(C)OCC(C[C@@H]2OC(NC(=O)/C=C/c3ccccc3)C[C@H]2O[Si](C)(C)C(C)(C)C)O1. The Balaban J connectivity index is 1.65. The van der Waals surface area contributed by atoms with E-state index in [-0.39, 0.29) is 29.3 Å². The maximum absolute atomic E-state index is 12.5. The summed E-state index contributed by atoms with van der Waals surface area (Å²) in [5.74, 6) is -0.748. The maximum atomic E-state index is 12.5. The minimum Gasteiger partial charge on any atom is -0.411 e. The Morgan fingerprint density at radius 3 is 2.53 bits per heavy atom. The van der Waals surface area contributed by atoms with E-state index in [0.717, 1.165) is 5.56 Å². The molecule has 2 aliphatic heterocycles. The second kappa shape index (κ2) is 9.77. The van der Waals surface area contributed by atoms with Gasteiger partial charge in [0.1, 0.15) is 6.23 Å². The average molecular weight is 462 g/mol. The summed E-state index contributed by atoms with van der Waals surface area (Å²) in [5, 5.41) is 3.08. The van der Waals surface area contributed by atoms with Crippen LogP contribution in [0.15, 0.2) is 36.4 Å². The first-order valence-corrected chi connectivity index (χ1v) is 14.4. The Bertz CT molecular complexity index is 802. The second-order valence-corrected chi connectivity index (χ2v) is 15.5. The molecule has 0 aromatic heterocycles. The minimum atomic E-state index is -2.00.